The van der Waals surface area contributed by atoms with Crippen molar-refractivity contribution in [3.8, 4) is 0 Å². The van der Waals surface area contributed by atoms with Crippen LogP contribution in [0.3, 0.4) is 0 Å². The predicted molar refractivity (Wildman–Crippen MR) is 79.4 cm³/mol. The quantitative estimate of drug-likeness (QED) is 0.921. The van der Waals surface area contributed by atoms with E-state index in [1.54, 1.807) is 18.2 Å². The molecule has 1 aromatic carbocycles. The molecule has 1 saturated carbocycles. The van der Waals surface area contributed by atoms with Crippen LogP contribution in [-0.4, -0.2) is 11.1 Å². The molecule has 0 aliphatic heterocycles. The van der Waals surface area contributed by atoms with E-state index in [-0.39, 0.29) is 30.1 Å². The molecule has 0 radical (unpaired) electrons. The summed E-state index contributed by atoms with van der Waals surface area (Å²) < 4.78 is 18.9. The van der Waals surface area contributed by atoms with Gasteiger partial charge in [0.2, 0.25) is 5.91 Å². The van der Waals surface area contributed by atoms with Gasteiger partial charge in [0.15, 0.2) is 0 Å². The van der Waals surface area contributed by atoms with Crippen LogP contribution in [0.5, 0.6) is 0 Å². The molecular formula is C17H19FN2O2. The first-order valence-electron chi connectivity index (χ1n) is 7.67. The zero-order valence-electron chi connectivity index (χ0n) is 12.3. The van der Waals surface area contributed by atoms with E-state index < -0.39 is 0 Å². The Morgan fingerprint density at radius 2 is 2.09 bits per heavy atom. The summed E-state index contributed by atoms with van der Waals surface area (Å²) in [5.74, 6) is -0.131. The molecule has 22 heavy (non-hydrogen) atoms. The van der Waals surface area contributed by atoms with Crippen LogP contribution in [0.1, 0.15) is 43.0 Å². The molecule has 1 aliphatic carbocycles. The smallest absolute Gasteiger partial charge is 0.226 e. The summed E-state index contributed by atoms with van der Waals surface area (Å²) in [6.07, 6.45) is 5.89. The normalized spacial score (nSPS) is 16.6. The molecule has 0 spiro atoms. The lowest BCUT2D eigenvalue weighted by Crippen LogP contribution is -2.34. The standard InChI is InChI=1S/C17H19FN2O2/c18-15-8-4-3-7-14(15)17(12-5-1-2-6-12)19-16(21)11-13-9-10-22-20-13/h3-4,7-10,12,17H,1-2,5-6,11H2,(H,19,21). The third-order valence-electron chi connectivity index (χ3n) is 4.26. The Balaban J connectivity index is 1.76. The van der Waals surface area contributed by atoms with Gasteiger partial charge in [-0.1, -0.05) is 36.2 Å². The van der Waals surface area contributed by atoms with Crippen LogP contribution in [0.15, 0.2) is 41.1 Å². The average molecular weight is 302 g/mol. The van der Waals surface area contributed by atoms with Crippen molar-refractivity contribution in [3.63, 3.8) is 0 Å². The van der Waals surface area contributed by atoms with E-state index in [4.69, 9.17) is 4.52 Å². The number of carbonyl (C=O) groups excluding carboxylic acids is 1. The third kappa shape index (κ3) is 3.35. The number of rotatable bonds is 5. The SMILES string of the molecule is O=C(Cc1ccon1)NC(c1ccccc1F)C1CCCC1. The Bertz CT molecular complexity index is 621. The average Bonchev–Trinajstić information content (AvgIpc) is 3.19. The Morgan fingerprint density at radius 3 is 2.77 bits per heavy atom. The number of benzene rings is 1. The van der Waals surface area contributed by atoms with Gasteiger partial charge in [-0.05, 0) is 24.8 Å². The fraction of sp³-hybridized carbons (Fsp3) is 0.412. The molecule has 4 nitrogen and oxygen atoms in total. The van der Waals surface area contributed by atoms with Crippen molar-refractivity contribution in [2.75, 3.05) is 0 Å². The lowest BCUT2D eigenvalue weighted by atomic mass is 9.91. The minimum Gasteiger partial charge on any atom is -0.364 e. The number of hydrogen-bond donors (Lipinski definition) is 1. The maximum atomic E-state index is 14.1. The number of amides is 1. The molecule has 0 bridgehead atoms. The van der Waals surface area contributed by atoms with Gasteiger partial charge in [0.25, 0.3) is 0 Å². The number of halogens is 1. The van der Waals surface area contributed by atoms with E-state index >= 15 is 0 Å². The number of carbonyl (C=O) groups is 1. The minimum atomic E-state index is -0.275. The van der Waals surface area contributed by atoms with Gasteiger partial charge in [0, 0.05) is 11.6 Å². The van der Waals surface area contributed by atoms with E-state index in [1.807, 2.05) is 6.07 Å². The van der Waals surface area contributed by atoms with Crippen molar-refractivity contribution in [1.29, 1.82) is 0 Å². The predicted octanol–water partition coefficient (Wildman–Crippen LogP) is 3.40. The number of nitrogens with one attached hydrogen (secondary N) is 1. The maximum absolute atomic E-state index is 14.1. The summed E-state index contributed by atoms with van der Waals surface area (Å²) in [5, 5.41) is 6.74. The van der Waals surface area contributed by atoms with Gasteiger partial charge in [-0.25, -0.2) is 4.39 Å². The van der Waals surface area contributed by atoms with Gasteiger partial charge in [0.05, 0.1) is 18.2 Å². The first kappa shape index (κ1) is 14.8. The second-order valence-corrected chi connectivity index (χ2v) is 5.78. The molecule has 1 aliphatic rings. The molecule has 2 aromatic rings. The third-order valence-corrected chi connectivity index (χ3v) is 4.26. The number of nitrogens with zero attached hydrogens (tertiary/aromatic N) is 1. The summed E-state index contributed by atoms with van der Waals surface area (Å²) in [6, 6.07) is 8.07. The van der Waals surface area contributed by atoms with Gasteiger partial charge in [-0.2, -0.15) is 0 Å². The van der Waals surface area contributed by atoms with Crippen molar-refractivity contribution in [2.45, 2.75) is 38.1 Å². The summed E-state index contributed by atoms with van der Waals surface area (Å²) >= 11 is 0. The molecule has 1 atom stereocenters. The van der Waals surface area contributed by atoms with E-state index in [0.29, 0.717) is 11.3 Å². The van der Waals surface area contributed by atoms with Crippen molar-refractivity contribution >= 4 is 5.91 Å². The van der Waals surface area contributed by atoms with E-state index in [1.165, 1.54) is 12.3 Å². The van der Waals surface area contributed by atoms with E-state index in [0.717, 1.165) is 25.7 Å². The Morgan fingerprint density at radius 1 is 1.32 bits per heavy atom. The van der Waals surface area contributed by atoms with Gasteiger partial charge in [-0.15, -0.1) is 0 Å². The van der Waals surface area contributed by atoms with Crippen LogP contribution < -0.4 is 5.32 Å². The largest absolute Gasteiger partial charge is 0.364 e. The Labute approximate surface area is 128 Å². The minimum absolute atomic E-state index is 0.147. The molecule has 1 unspecified atom stereocenters. The molecule has 1 fully saturated rings. The number of aromatic nitrogens is 1. The van der Waals surface area contributed by atoms with E-state index in [2.05, 4.69) is 10.5 Å². The molecule has 1 heterocycles. The molecule has 116 valence electrons. The van der Waals surface area contributed by atoms with Gasteiger partial charge >= 0.3 is 0 Å². The first-order chi connectivity index (χ1) is 10.7. The Kier molecular flexibility index (Phi) is 4.51. The maximum Gasteiger partial charge on any atom is 0.226 e. The second kappa shape index (κ2) is 6.73. The highest BCUT2D eigenvalue weighted by Gasteiger charge is 2.29. The molecule has 1 amide bonds. The van der Waals surface area contributed by atoms with Crippen molar-refractivity contribution in [1.82, 2.24) is 10.5 Å². The monoisotopic (exact) mass is 302 g/mol. The summed E-state index contributed by atoms with van der Waals surface area (Å²) in [6.45, 7) is 0. The molecule has 3 rings (SSSR count). The molecule has 1 N–H and O–H groups in total. The first-order valence-corrected chi connectivity index (χ1v) is 7.67. The summed E-state index contributed by atoms with van der Waals surface area (Å²) in [7, 11) is 0. The van der Waals surface area contributed by atoms with Crippen LogP contribution in [0.4, 0.5) is 4.39 Å². The highest BCUT2D eigenvalue weighted by molar-refractivity contribution is 5.78. The molecule has 0 saturated heterocycles. The molecule has 1 aromatic heterocycles. The molecule has 5 heteroatoms. The second-order valence-electron chi connectivity index (χ2n) is 5.78. The van der Waals surface area contributed by atoms with Gasteiger partial charge in [-0.3, -0.25) is 4.79 Å². The van der Waals surface area contributed by atoms with Crippen molar-refractivity contribution in [3.05, 3.63) is 53.7 Å². The number of hydrogen-bond acceptors (Lipinski definition) is 3. The highest BCUT2D eigenvalue weighted by atomic mass is 19.1. The van der Waals surface area contributed by atoms with Gasteiger partial charge < -0.3 is 9.84 Å². The fourth-order valence-electron chi connectivity index (χ4n) is 3.19. The van der Waals surface area contributed by atoms with Crippen LogP contribution in [0, 0.1) is 11.7 Å². The molecular weight excluding hydrogens is 283 g/mol. The zero-order valence-corrected chi connectivity index (χ0v) is 12.3. The zero-order chi connectivity index (χ0) is 15.4. The van der Waals surface area contributed by atoms with E-state index in [9.17, 15) is 9.18 Å². The van der Waals surface area contributed by atoms with Gasteiger partial charge in [0.1, 0.15) is 12.1 Å². The summed E-state index contributed by atoms with van der Waals surface area (Å²) in [4.78, 5) is 12.2. The van der Waals surface area contributed by atoms with Crippen LogP contribution in [0.25, 0.3) is 0 Å². The lowest BCUT2D eigenvalue weighted by molar-refractivity contribution is -0.121. The highest BCUT2D eigenvalue weighted by Crippen LogP contribution is 2.36. The topological polar surface area (TPSA) is 55.1 Å². The Hall–Kier alpha value is -2.17. The van der Waals surface area contributed by atoms with Crippen molar-refractivity contribution < 1.29 is 13.7 Å². The van der Waals surface area contributed by atoms with Crippen LogP contribution in [0.2, 0.25) is 0 Å². The van der Waals surface area contributed by atoms with Crippen molar-refractivity contribution in [2.24, 2.45) is 5.92 Å². The van der Waals surface area contributed by atoms with Crippen LogP contribution >= 0.6 is 0 Å². The lowest BCUT2D eigenvalue weighted by Gasteiger charge is -2.25. The van der Waals surface area contributed by atoms with Crippen LogP contribution in [-0.2, 0) is 11.2 Å². The fourth-order valence-corrected chi connectivity index (χ4v) is 3.19. The summed E-state index contributed by atoms with van der Waals surface area (Å²) in [5.41, 5.74) is 1.15.